The molecule has 0 bridgehead atoms. The SMILES string of the molecule is COC(=O)C1(OC(C)=O)CCCCC1. The maximum Gasteiger partial charge on any atom is 0.350 e. The zero-order valence-corrected chi connectivity index (χ0v) is 8.67. The third-order valence-electron chi connectivity index (χ3n) is 2.56. The van der Waals surface area contributed by atoms with Crippen molar-refractivity contribution < 1.29 is 19.1 Å². The lowest BCUT2D eigenvalue weighted by molar-refractivity contribution is -0.183. The molecule has 0 N–H and O–H groups in total. The summed E-state index contributed by atoms with van der Waals surface area (Å²) in [6.07, 6.45) is 4.06. The van der Waals surface area contributed by atoms with E-state index in [1.807, 2.05) is 0 Å². The Bertz CT molecular complexity index is 228. The summed E-state index contributed by atoms with van der Waals surface area (Å²) in [5, 5.41) is 0. The highest BCUT2D eigenvalue weighted by Gasteiger charge is 2.43. The molecule has 0 amide bonds. The number of methoxy groups -OCH3 is 1. The summed E-state index contributed by atoms with van der Waals surface area (Å²) in [5.41, 5.74) is -1.00. The number of ether oxygens (including phenoxy) is 2. The molecule has 0 aromatic heterocycles. The van der Waals surface area contributed by atoms with Crippen LogP contribution in [0.15, 0.2) is 0 Å². The molecule has 1 saturated carbocycles. The van der Waals surface area contributed by atoms with Gasteiger partial charge in [0.25, 0.3) is 0 Å². The van der Waals surface area contributed by atoms with Gasteiger partial charge < -0.3 is 9.47 Å². The largest absolute Gasteiger partial charge is 0.466 e. The summed E-state index contributed by atoms with van der Waals surface area (Å²) < 4.78 is 9.80. The topological polar surface area (TPSA) is 52.6 Å². The first kappa shape index (κ1) is 11.0. The van der Waals surface area contributed by atoms with E-state index < -0.39 is 17.5 Å². The lowest BCUT2D eigenvalue weighted by Gasteiger charge is -2.33. The minimum Gasteiger partial charge on any atom is -0.466 e. The van der Waals surface area contributed by atoms with Gasteiger partial charge in [0, 0.05) is 6.92 Å². The molecule has 1 rings (SSSR count). The Morgan fingerprint density at radius 2 is 1.71 bits per heavy atom. The van der Waals surface area contributed by atoms with Crippen LogP contribution in [-0.2, 0) is 19.1 Å². The van der Waals surface area contributed by atoms with Crippen molar-refractivity contribution in [2.45, 2.75) is 44.6 Å². The number of hydrogen-bond acceptors (Lipinski definition) is 4. The molecule has 0 saturated heterocycles. The van der Waals surface area contributed by atoms with Crippen molar-refractivity contribution in [1.82, 2.24) is 0 Å². The van der Waals surface area contributed by atoms with Crippen molar-refractivity contribution in [3.05, 3.63) is 0 Å². The van der Waals surface area contributed by atoms with E-state index in [0.29, 0.717) is 12.8 Å². The quantitative estimate of drug-likeness (QED) is 0.633. The maximum absolute atomic E-state index is 11.5. The van der Waals surface area contributed by atoms with Crippen molar-refractivity contribution in [1.29, 1.82) is 0 Å². The van der Waals surface area contributed by atoms with Crippen LogP contribution >= 0.6 is 0 Å². The molecule has 1 aliphatic carbocycles. The Morgan fingerprint density at radius 1 is 1.14 bits per heavy atom. The molecule has 80 valence electrons. The number of hydrogen-bond donors (Lipinski definition) is 0. The van der Waals surface area contributed by atoms with Crippen LogP contribution in [0.25, 0.3) is 0 Å². The molecule has 1 aliphatic rings. The Morgan fingerprint density at radius 3 is 2.14 bits per heavy atom. The molecular weight excluding hydrogens is 184 g/mol. The monoisotopic (exact) mass is 200 g/mol. The number of carbonyl (C=O) groups excluding carboxylic acids is 2. The molecule has 1 fully saturated rings. The van der Waals surface area contributed by atoms with Crippen molar-refractivity contribution in [3.63, 3.8) is 0 Å². The molecule has 14 heavy (non-hydrogen) atoms. The summed E-state index contributed by atoms with van der Waals surface area (Å²) in [6.45, 7) is 1.32. The van der Waals surface area contributed by atoms with Crippen molar-refractivity contribution in [2.24, 2.45) is 0 Å². The van der Waals surface area contributed by atoms with Gasteiger partial charge in [0.1, 0.15) is 0 Å². The fraction of sp³-hybridized carbons (Fsp3) is 0.800. The Labute approximate surface area is 83.6 Å². The highest BCUT2D eigenvalue weighted by molar-refractivity contribution is 5.83. The first-order valence-electron chi connectivity index (χ1n) is 4.89. The van der Waals surface area contributed by atoms with Gasteiger partial charge in [-0.3, -0.25) is 4.79 Å². The van der Waals surface area contributed by atoms with Gasteiger partial charge in [-0.15, -0.1) is 0 Å². The zero-order chi connectivity index (χ0) is 10.6. The lowest BCUT2D eigenvalue weighted by atomic mass is 9.84. The van der Waals surface area contributed by atoms with E-state index in [2.05, 4.69) is 4.74 Å². The van der Waals surface area contributed by atoms with Crippen LogP contribution in [0.3, 0.4) is 0 Å². The third kappa shape index (κ3) is 2.25. The third-order valence-corrected chi connectivity index (χ3v) is 2.56. The van der Waals surface area contributed by atoms with E-state index in [0.717, 1.165) is 19.3 Å². The van der Waals surface area contributed by atoms with Crippen molar-refractivity contribution >= 4 is 11.9 Å². The van der Waals surface area contributed by atoms with Gasteiger partial charge in [0.15, 0.2) is 0 Å². The van der Waals surface area contributed by atoms with Crippen molar-refractivity contribution in [2.75, 3.05) is 7.11 Å². The molecule has 0 aromatic carbocycles. The van der Waals surface area contributed by atoms with Gasteiger partial charge >= 0.3 is 11.9 Å². The second kappa shape index (κ2) is 4.44. The maximum atomic E-state index is 11.5. The molecule has 0 unspecified atom stereocenters. The van der Waals surface area contributed by atoms with Gasteiger partial charge in [-0.1, -0.05) is 6.42 Å². The van der Waals surface area contributed by atoms with Crippen LogP contribution in [0.4, 0.5) is 0 Å². The van der Waals surface area contributed by atoms with Gasteiger partial charge in [-0.2, -0.15) is 0 Å². The minimum absolute atomic E-state index is 0.419. The standard InChI is InChI=1S/C10H16O4/c1-8(11)14-10(9(12)13-2)6-4-3-5-7-10/h3-7H2,1-2H3. The van der Waals surface area contributed by atoms with Crippen LogP contribution in [0.5, 0.6) is 0 Å². The number of rotatable bonds is 2. The Balaban J connectivity index is 2.76. The van der Waals surface area contributed by atoms with Crippen molar-refractivity contribution in [3.8, 4) is 0 Å². The van der Waals surface area contributed by atoms with Gasteiger partial charge in [-0.25, -0.2) is 4.79 Å². The zero-order valence-electron chi connectivity index (χ0n) is 8.67. The molecule has 0 heterocycles. The smallest absolute Gasteiger partial charge is 0.350 e. The molecule has 0 radical (unpaired) electrons. The summed E-state index contributed by atoms with van der Waals surface area (Å²) in [5.74, 6) is -0.843. The average molecular weight is 200 g/mol. The molecule has 0 atom stereocenters. The summed E-state index contributed by atoms with van der Waals surface area (Å²) in [6, 6.07) is 0. The minimum atomic E-state index is -1.00. The molecule has 0 aromatic rings. The molecule has 0 spiro atoms. The van der Waals surface area contributed by atoms with Crippen LogP contribution in [0.2, 0.25) is 0 Å². The molecule has 4 heteroatoms. The summed E-state index contributed by atoms with van der Waals surface area (Å²) >= 11 is 0. The lowest BCUT2D eigenvalue weighted by Crippen LogP contribution is -2.45. The van der Waals surface area contributed by atoms with Crippen LogP contribution in [0.1, 0.15) is 39.0 Å². The molecule has 0 aliphatic heterocycles. The second-order valence-electron chi connectivity index (χ2n) is 3.64. The van der Waals surface area contributed by atoms with E-state index in [1.165, 1.54) is 14.0 Å². The normalized spacial score (nSPS) is 19.9. The number of carbonyl (C=O) groups is 2. The predicted molar refractivity (Wildman–Crippen MR) is 49.6 cm³/mol. The fourth-order valence-electron chi connectivity index (χ4n) is 1.93. The first-order valence-corrected chi connectivity index (χ1v) is 4.89. The van der Waals surface area contributed by atoms with Crippen LogP contribution < -0.4 is 0 Å². The fourth-order valence-corrected chi connectivity index (χ4v) is 1.93. The van der Waals surface area contributed by atoms with E-state index in [9.17, 15) is 9.59 Å². The average Bonchev–Trinajstić information content (AvgIpc) is 2.17. The van der Waals surface area contributed by atoms with Gasteiger partial charge in [0.2, 0.25) is 5.60 Å². The highest BCUT2D eigenvalue weighted by atomic mass is 16.6. The summed E-state index contributed by atoms with van der Waals surface area (Å²) in [4.78, 5) is 22.4. The Kier molecular flexibility index (Phi) is 3.49. The van der Waals surface area contributed by atoms with Gasteiger partial charge in [0.05, 0.1) is 7.11 Å². The molecule has 4 nitrogen and oxygen atoms in total. The van der Waals surface area contributed by atoms with Crippen LogP contribution in [-0.4, -0.2) is 24.6 Å². The summed E-state index contributed by atoms with van der Waals surface area (Å²) in [7, 11) is 1.32. The second-order valence-corrected chi connectivity index (χ2v) is 3.64. The van der Waals surface area contributed by atoms with Crippen LogP contribution in [0, 0.1) is 0 Å². The van der Waals surface area contributed by atoms with E-state index in [4.69, 9.17) is 4.74 Å². The predicted octanol–water partition coefficient (Wildman–Crippen LogP) is 1.43. The Hall–Kier alpha value is -1.06. The highest BCUT2D eigenvalue weighted by Crippen LogP contribution is 2.32. The molecular formula is C10H16O4. The van der Waals surface area contributed by atoms with E-state index in [-0.39, 0.29) is 0 Å². The van der Waals surface area contributed by atoms with E-state index in [1.54, 1.807) is 0 Å². The van der Waals surface area contributed by atoms with E-state index >= 15 is 0 Å². The first-order chi connectivity index (χ1) is 6.60. The number of esters is 2. The van der Waals surface area contributed by atoms with Gasteiger partial charge in [-0.05, 0) is 25.7 Å².